The second kappa shape index (κ2) is 5.97. The van der Waals surface area contributed by atoms with Gasteiger partial charge < -0.3 is 5.73 Å². The third-order valence-corrected chi connectivity index (χ3v) is 3.82. The van der Waals surface area contributed by atoms with Crippen LogP contribution < -0.4 is 10.5 Å². The first-order valence-electron chi connectivity index (χ1n) is 5.27. The van der Waals surface area contributed by atoms with Crippen LogP contribution in [0, 0.1) is 6.92 Å². The molecule has 6 nitrogen and oxygen atoms in total. The summed E-state index contributed by atoms with van der Waals surface area (Å²) in [6, 6.07) is 0. The van der Waals surface area contributed by atoms with E-state index in [0.29, 0.717) is 18.8 Å². The lowest BCUT2D eigenvalue weighted by Gasteiger charge is -2.05. The van der Waals surface area contributed by atoms with Crippen LogP contribution in [0.15, 0.2) is 11.1 Å². The van der Waals surface area contributed by atoms with Gasteiger partial charge >= 0.3 is 0 Å². The average Bonchev–Trinajstić information content (AvgIpc) is 2.65. The minimum absolute atomic E-state index is 0.214. The Morgan fingerprint density at radius 1 is 1.44 bits per heavy atom. The fraction of sp³-hybridized carbons (Fsp3) is 0.667. The Bertz CT molecular complexity index is 413. The Kier molecular flexibility index (Phi) is 4.91. The van der Waals surface area contributed by atoms with Gasteiger partial charge in [-0.25, -0.2) is 13.1 Å². The fourth-order valence-electron chi connectivity index (χ4n) is 1.34. The Balaban J connectivity index is 2.45. The van der Waals surface area contributed by atoms with Crippen LogP contribution in [0.1, 0.15) is 25.0 Å². The van der Waals surface area contributed by atoms with Crippen molar-refractivity contribution < 1.29 is 8.42 Å². The van der Waals surface area contributed by atoms with Crippen LogP contribution in [0.4, 0.5) is 0 Å². The monoisotopic (exact) mass is 246 g/mol. The maximum absolute atomic E-state index is 11.8. The number of sulfonamides is 1. The first-order valence-corrected chi connectivity index (χ1v) is 6.76. The summed E-state index contributed by atoms with van der Waals surface area (Å²) in [5, 5.41) is 6.28. The van der Waals surface area contributed by atoms with Crippen LogP contribution in [0.3, 0.4) is 0 Å². The summed E-state index contributed by atoms with van der Waals surface area (Å²) < 4.78 is 26.0. The number of unbranched alkanes of at least 4 members (excludes halogenated alkanes) is 2. The predicted octanol–water partition coefficient (Wildman–Crippen LogP) is 0.125. The van der Waals surface area contributed by atoms with Crippen molar-refractivity contribution in [2.24, 2.45) is 5.73 Å². The summed E-state index contributed by atoms with van der Waals surface area (Å²) in [5.74, 6) is 0. The highest BCUT2D eigenvalue weighted by Gasteiger charge is 2.17. The summed E-state index contributed by atoms with van der Waals surface area (Å²) in [5.41, 5.74) is 5.89. The lowest BCUT2D eigenvalue weighted by molar-refractivity contribution is 0.574. The second-order valence-electron chi connectivity index (χ2n) is 3.61. The number of nitrogens with one attached hydrogen (secondary N) is 2. The molecule has 0 atom stereocenters. The van der Waals surface area contributed by atoms with Crippen molar-refractivity contribution in [2.45, 2.75) is 31.1 Å². The molecule has 1 aromatic rings. The van der Waals surface area contributed by atoms with E-state index in [1.54, 1.807) is 6.92 Å². The zero-order chi connectivity index (χ0) is 12.0. The van der Waals surface area contributed by atoms with Crippen LogP contribution >= 0.6 is 0 Å². The van der Waals surface area contributed by atoms with Gasteiger partial charge in [-0.2, -0.15) is 5.10 Å². The zero-order valence-electron chi connectivity index (χ0n) is 9.36. The number of aryl methyl sites for hydroxylation is 1. The highest BCUT2D eigenvalue weighted by molar-refractivity contribution is 7.89. The largest absolute Gasteiger partial charge is 0.330 e. The normalized spacial score (nSPS) is 11.9. The van der Waals surface area contributed by atoms with Gasteiger partial charge in [0.25, 0.3) is 0 Å². The topological polar surface area (TPSA) is 101 Å². The molecule has 0 saturated heterocycles. The molecule has 0 bridgehead atoms. The minimum Gasteiger partial charge on any atom is -0.330 e. The first kappa shape index (κ1) is 13.1. The standard InChI is InChI=1S/C9H18N4O2S/c1-8-9(7-11-13-8)16(14,15)12-6-4-2-3-5-10/h7,12H,2-6,10H2,1H3,(H,11,13). The van der Waals surface area contributed by atoms with E-state index in [-0.39, 0.29) is 4.90 Å². The quantitative estimate of drug-likeness (QED) is 0.595. The maximum Gasteiger partial charge on any atom is 0.243 e. The Morgan fingerprint density at radius 3 is 2.75 bits per heavy atom. The van der Waals surface area contributed by atoms with Gasteiger partial charge in [0.05, 0.1) is 11.9 Å². The molecule has 0 aliphatic carbocycles. The Morgan fingerprint density at radius 2 is 2.19 bits per heavy atom. The fourth-order valence-corrected chi connectivity index (χ4v) is 2.55. The molecule has 92 valence electrons. The molecule has 4 N–H and O–H groups in total. The Labute approximate surface area is 95.7 Å². The molecule has 0 saturated carbocycles. The number of aromatic amines is 1. The number of hydrogen-bond donors (Lipinski definition) is 3. The molecule has 1 aromatic heterocycles. The third-order valence-electron chi connectivity index (χ3n) is 2.25. The number of H-pyrrole nitrogens is 1. The van der Waals surface area contributed by atoms with E-state index in [1.165, 1.54) is 6.20 Å². The van der Waals surface area contributed by atoms with Crippen LogP contribution in [-0.2, 0) is 10.0 Å². The van der Waals surface area contributed by atoms with E-state index in [1.807, 2.05) is 0 Å². The molecular formula is C9H18N4O2S. The smallest absolute Gasteiger partial charge is 0.243 e. The van der Waals surface area contributed by atoms with Crippen molar-refractivity contribution in [3.05, 3.63) is 11.9 Å². The molecule has 7 heteroatoms. The third kappa shape index (κ3) is 3.58. The Hall–Kier alpha value is -0.920. The molecular weight excluding hydrogens is 228 g/mol. The van der Waals surface area contributed by atoms with E-state index >= 15 is 0 Å². The van der Waals surface area contributed by atoms with Crippen LogP contribution in [-0.4, -0.2) is 31.7 Å². The number of aromatic nitrogens is 2. The van der Waals surface area contributed by atoms with Gasteiger partial charge in [0.15, 0.2) is 0 Å². The summed E-state index contributed by atoms with van der Waals surface area (Å²) in [7, 11) is -3.41. The molecule has 0 amide bonds. The van der Waals surface area contributed by atoms with Gasteiger partial charge in [-0.3, -0.25) is 5.10 Å². The molecule has 0 fully saturated rings. The van der Waals surface area contributed by atoms with Crippen molar-refractivity contribution in [2.75, 3.05) is 13.1 Å². The lowest BCUT2D eigenvalue weighted by Crippen LogP contribution is -2.25. The van der Waals surface area contributed by atoms with Gasteiger partial charge in [-0.05, 0) is 26.3 Å². The van der Waals surface area contributed by atoms with E-state index in [0.717, 1.165) is 19.3 Å². The molecule has 1 heterocycles. The van der Waals surface area contributed by atoms with Crippen LogP contribution in [0.2, 0.25) is 0 Å². The average molecular weight is 246 g/mol. The van der Waals surface area contributed by atoms with Crippen molar-refractivity contribution in [1.82, 2.24) is 14.9 Å². The van der Waals surface area contributed by atoms with Gasteiger partial charge in [0.2, 0.25) is 10.0 Å². The first-order chi connectivity index (χ1) is 7.58. The summed E-state index contributed by atoms with van der Waals surface area (Å²) in [4.78, 5) is 0.214. The van der Waals surface area contributed by atoms with E-state index in [4.69, 9.17) is 5.73 Å². The SMILES string of the molecule is Cc1[nH]ncc1S(=O)(=O)NCCCCCN. The van der Waals surface area contributed by atoms with Crippen molar-refractivity contribution in [1.29, 1.82) is 0 Å². The minimum atomic E-state index is -3.41. The van der Waals surface area contributed by atoms with Gasteiger partial charge in [-0.15, -0.1) is 0 Å². The highest BCUT2D eigenvalue weighted by atomic mass is 32.2. The lowest BCUT2D eigenvalue weighted by atomic mass is 10.2. The highest BCUT2D eigenvalue weighted by Crippen LogP contribution is 2.10. The summed E-state index contributed by atoms with van der Waals surface area (Å²) in [6.45, 7) is 2.76. The van der Waals surface area contributed by atoms with Gasteiger partial charge in [-0.1, -0.05) is 6.42 Å². The summed E-state index contributed by atoms with van der Waals surface area (Å²) in [6.07, 6.45) is 3.97. The van der Waals surface area contributed by atoms with Gasteiger partial charge in [0.1, 0.15) is 4.90 Å². The summed E-state index contributed by atoms with van der Waals surface area (Å²) >= 11 is 0. The second-order valence-corrected chi connectivity index (χ2v) is 5.34. The molecule has 0 aliphatic rings. The molecule has 0 unspecified atom stereocenters. The van der Waals surface area contributed by atoms with Crippen molar-refractivity contribution >= 4 is 10.0 Å². The molecule has 0 aliphatic heterocycles. The molecule has 0 aromatic carbocycles. The number of rotatable bonds is 7. The van der Waals surface area contributed by atoms with Crippen LogP contribution in [0.25, 0.3) is 0 Å². The number of nitrogens with zero attached hydrogens (tertiary/aromatic N) is 1. The van der Waals surface area contributed by atoms with E-state index in [2.05, 4.69) is 14.9 Å². The number of hydrogen-bond acceptors (Lipinski definition) is 4. The van der Waals surface area contributed by atoms with Crippen molar-refractivity contribution in [3.8, 4) is 0 Å². The molecule has 0 spiro atoms. The van der Waals surface area contributed by atoms with Crippen LogP contribution in [0.5, 0.6) is 0 Å². The molecule has 0 radical (unpaired) electrons. The van der Waals surface area contributed by atoms with Crippen molar-refractivity contribution in [3.63, 3.8) is 0 Å². The zero-order valence-corrected chi connectivity index (χ0v) is 10.2. The van der Waals surface area contributed by atoms with Gasteiger partial charge in [0, 0.05) is 6.54 Å². The molecule has 16 heavy (non-hydrogen) atoms. The van der Waals surface area contributed by atoms with E-state index < -0.39 is 10.0 Å². The predicted molar refractivity (Wildman–Crippen MR) is 61.4 cm³/mol. The van der Waals surface area contributed by atoms with E-state index in [9.17, 15) is 8.42 Å². The number of nitrogens with two attached hydrogens (primary N) is 1. The molecule has 1 rings (SSSR count). The maximum atomic E-state index is 11.8.